The molecule has 1 heterocycles. The van der Waals surface area contributed by atoms with E-state index in [4.69, 9.17) is 4.42 Å². The lowest BCUT2D eigenvalue weighted by Crippen LogP contribution is -2.12. The normalized spacial score (nSPS) is 12.0. The van der Waals surface area contributed by atoms with Crippen molar-refractivity contribution in [3.05, 3.63) is 71.1 Å². The number of sulfone groups is 1. The number of benzene rings is 2. The van der Waals surface area contributed by atoms with Crippen LogP contribution in [0.2, 0.25) is 0 Å². The molecule has 3 rings (SSSR count). The Morgan fingerprint density at radius 1 is 1.03 bits per heavy atom. The molecule has 0 N–H and O–H groups in total. The van der Waals surface area contributed by atoms with Crippen LogP contribution in [-0.2, 0) is 25.7 Å². The fraction of sp³-hybridized carbons (Fsp3) is 0.304. The number of carbonyl (C=O) groups excluding carboxylic acids is 1. The Labute approximate surface area is 176 Å². The first-order chi connectivity index (χ1) is 14.0. The lowest BCUT2D eigenvalue weighted by Gasteiger charge is -2.19. The minimum absolute atomic E-state index is 0.0523. The number of ether oxygens (including phenoxy) is 1. The van der Waals surface area contributed by atoms with E-state index in [-0.39, 0.29) is 16.1 Å². The predicted octanol–water partition coefficient (Wildman–Crippen LogP) is 4.71. The molecule has 7 heteroatoms. The molecule has 158 valence electrons. The van der Waals surface area contributed by atoms with Crippen molar-refractivity contribution in [3.8, 4) is 11.5 Å². The van der Waals surface area contributed by atoms with E-state index in [1.807, 2.05) is 12.1 Å². The zero-order valence-electron chi connectivity index (χ0n) is 17.7. The molecule has 2 aromatic carbocycles. The number of rotatable bonds is 5. The zero-order valence-corrected chi connectivity index (χ0v) is 18.5. The van der Waals surface area contributed by atoms with Gasteiger partial charge in [0.05, 0.1) is 23.3 Å². The molecule has 0 spiro atoms. The third-order valence-corrected chi connectivity index (χ3v) is 6.50. The van der Waals surface area contributed by atoms with E-state index in [1.165, 1.54) is 7.11 Å². The van der Waals surface area contributed by atoms with Crippen molar-refractivity contribution in [3.63, 3.8) is 0 Å². The second kappa shape index (κ2) is 8.07. The molecule has 0 radical (unpaired) electrons. The molecule has 0 saturated heterocycles. The predicted molar refractivity (Wildman–Crippen MR) is 114 cm³/mol. The minimum Gasteiger partial charge on any atom is -0.465 e. The Kier molecular flexibility index (Phi) is 5.85. The van der Waals surface area contributed by atoms with Gasteiger partial charge in [-0.25, -0.2) is 18.2 Å². The standard InChI is InChI=1S/C23H25NO5S/c1-15-20(14-30(26,27)19-12-10-18(11-13-19)23(2,3)4)24-21(29-15)16-6-8-17(9-7-16)22(25)28-5/h6-13H,14H2,1-5H3. The van der Waals surface area contributed by atoms with E-state index < -0.39 is 15.8 Å². The van der Waals surface area contributed by atoms with Gasteiger partial charge in [0, 0.05) is 5.56 Å². The Morgan fingerprint density at radius 2 is 1.63 bits per heavy atom. The molecule has 0 bridgehead atoms. The summed E-state index contributed by atoms with van der Waals surface area (Å²) in [5.74, 6) is 0.0563. The van der Waals surface area contributed by atoms with Crippen LogP contribution in [-0.4, -0.2) is 26.5 Å². The van der Waals surface area contributed by atoms with Gasteiger partial charge >= 0.3 is 5.97 Å². The number of methoxy groups -OCH3 is 1. The summed E-state index contributed by atoms with van der Waals surface area (Å²) in [4.78, 5) is 16.2. The molecule has 1 aromatic heterocycles. The average molecular weight is 428 g/mol. The lowest BCUT2D eigenvalue weighted by molar-refractivity contribution is 0.0600. The van der Waals surface area contributed by atoms with E-state index in [0.717, 1.165) is 5.56 Å². The molecule has 0 fully saturated rings. The monoisotopic (exact) mass is 427 g/mol. The number of carbonyl (C=O) groups is 1. The van der Waals surface area contributed by atoms with Gasteiger partial charge < -0.3 is 9.15 Å². The third kappa shape index (κ3) is 4.62. The summed E-state index contributed by atoms with van der Waals surface area (Å²) in [5, 5.41) is 0. The van der Waals surface area contributed by atoms with E-state index in [1.54, 1.807) is 43.3 Å². The van der Waals surface area contributed by atoms with Crippen LogP contribution >= 0.6 is 0 Å². The summed E-state index contributed by atoms with van der Waals surface area (Å²) in [6, 6.07) is 13.5. The molecular formula is C23H25NO5S. The SMILES string of the molecule is COC(=O)c1ccc(-c2nc(CS(=O)(=O)c3ccc(C(C)(C)C)cc3)c(C)o2)cc1. The van der Waals surface area contributed by atoms with Gasteiger partial charge in [-0.1, -0.05) is 32.9 Å². The number of nitrogens with zero attached hydrogens (tertiary/aromatic N) is 1. The highest BCUT2D eigenvalue weighted by atomic mass is 32.2. The topological polar surface area (TPSA) is 86.5 Å². The summed E-state index contributed by atoms with van der Waals surface area (Å²) in [7, 11) is -2.26. The van der Waals surface area contributed by atoms with Crippen LogP contribution < -0.4 is 0 Å². The number of hydrogen-bond donors (Lipinski definition) is 0. The Hall–Kier alpha value is -2.93. The van der Waals surface area contributed by atoms with Crippen LogP contribution in [0.3, 0.4) is 0 Å². The van der Waals surface area contributed by atoms with E-state index in [0.29, 0.717) is 28.5 Å². The number of esters is 1. The quantitative estimate of drug-likeness (QED) is 0.548. The van der Waals surface area contributed by atoms with Crippen molar-refractivity contribution in [1.29, 1.82) is 0 Å². The molecular weight excluding hydrogens is 402 g/mol. The van der Waals surface area contributed by atoms with Gasteiger partial charge in [-0.2, -0.15) is 0 Å². The maximum atomic E-state index is 12.9. The van der Waals surface area contributed by atoms with Gasteiger partial charge in [0.15, 0.2) is 9.84 Å². The van der Waals surface area contributed by atoms with E-state index >= 15 is 0 Å². The summed E-state index contributed by atoms with van der Waals surface area (Å²) < 4.78 is 36.1. The molecule has 0 unspecified atom stereocenters. The van der Waals surface area contributed by atoms with Gasteiger partial charge in [0.1, 0.15) is 11.5 Å². The van der Waals surface area contributed by atoms with Gasteiger partial charge in [0.25, 0.3) is 0 Å². The molecule has 3 aromatic rings. The Balaban J connectivity index is 1.84. The maximum absolute atomic E-state index is 12.9. The number of aromatic nitrogens is 1. The first kappa shape index (κ1) is 21.8. The first-order valence-corrected chi connectivity index (χ1v) is 11.1. The van der Waals surface area contributed by atoms with Crippen molar-refractivity contribution in [1.82, 2.24) is 4.98 Å². The van der Waals surface area contributed by atoms with Gasteiger partial charge in [0.2, 0.25) is 5.89 Å². The molecule has 0 amide bonds. The van der Waals surface area contributed by atoms with Crippen LogP contribution in [0, 0.1) is 6.92 Å². The van der Waals surface area contributed by atoms with Crippen LogP contribution in [0.25, 0.3) is 11.5 Å². The number of hydrogen-bond acceptors (Lipinski definition) is 6. The second-order valence-electron chi connectivity index (χ2n) is 8.12. The third-order valence-electron chi connectivity index (χ3n) is 4.85. The van der Waals surface area contributed by atoms with Crippen LogP contribution in [0.5, 0.6) is 0 Å². The van der Waals surface area contributed by atoms with E-state index in [9.17, 15) is 13.2 Å². The molecule has 0 aliphatic carbocycles. The molecule has 0 saturated carbocycles. The molecule has 6 nitrogen and oxygen atoms in total. The van der Waals surface area contributed by atoms with Crippen molar-refractivity contribution < 1.29 is 22.4 Å². The number of oxazole rings is 1. The van der Waals surface area contributed by atoms with Crippen molar-refractivity contribution >= 4 is 15.8 Å². The Bertz CT molecular complexity index is 1150. The van der Waals surface area contributed by atoms with Crippen LogP contribution in [0.4, 0.5) is 0 Å². The molecule has 0 aliphatic heterocycles. The van der Waals surface area contributed by atoms with Crippen LogP contribution in [0.1, 0.15) is 48.1 Å². The number of aryl methyl sites for hydroxylation is 1. The molecule has 0 atom stereocenters. The van der Waals surface area contributed by atoms with Crippen LogP contribution in [0.15, 0.2) is 57.8 Å². The minimum atomic E-state index is -3.57. The fourth-order valence-corrected chi connectivity index (χ4v) is 4.32. The smallest absolute Gasteiger partial charge is 0.337 e. The van der Waals surface area contributed by atoms with Crippen molar-refractivity contribution in [2.45, 2.75) is 43.8 Å². The summed E-state index contributed by atoms with van der Waals surface area (Å²) in [6.45, 7) is 7.92. The first-order valence-electron chi connectivity index (χ1n) is 9.49. The second-order valence-corrected chi connectivity index (χ2v) is 10.1. The summed E-state index contributed by atoms with van der Waals surface area (Å²) >= 11 is 0. The van der Waals surface area contributed by atoms with Gasteiger partial charge in [-0.15, -0.1) is 0 Å². The van der Waals surface area contributed by atoms with Gasteiger partial charge in [-0.05, 0) is 54.3 Å². The van der Waals surface area contributed by atoms with Gasteiger partial charge in [-0.3, -0.25) is 0 Å². The van der Waals surface area contributed by atoms with Crippen molar-refractivity contribution in [2.75, 3.05) is 7.11 Å². The Morgan fingerprint density at radius 3 is 2.17 bits per heavy atom. The summed E-state index contributed by atoms with van der Waals surface area (Å²) in [6.07, 6.45) is 0. The fourth-order valence-electron chi connectivity index (χ4n) is 2.98. The zero-order chi connectivity index (χ0) is 22.1. The molecule has 0 aliphatic rings. The average Bonchev–Trinajstić information content (AvgIpc) is 3.06. The largest absolute Gasteiger partial charge is 0.465 e. The van der Waals surface area contributed by atoms with E-state index in [2.05, 4.69) is 30.5 Å². The highest BCUT2D eigenvalue weighted by Gasteiger charge is 2.22. The lowest BCUT2D eigenvalue weighted by atomic mass is 9.87. The maximum Gasteiger partial charge on any atom is 0.337 e. The molecule has 30 heavy (non-hydrogen) atoms. The summed E-state index contributed by atoms with van der Waals surface area (Å²) in [5.41, 5.74) is 2.43. The van der Waals surface area contributed by atoms with Crippen molar-refractivity contribution in [2.24, 2.45) is 0 Å². The highest BCUT2D eigenvalue weighted by molar-refractivity contribution is 7.90. The highest BCUT2D eigenvalue weighted by Crippen LogP contribution is 2.27.